The highest BCUT2D eigenvalue weighted by molar-refractivity contribution is 6.04. The van der Waals surface area contributed by atoms with E-state index in [1.54, 1.807) is 0 Å². The van der Waals surface area contributed by atoms with Crippen molar-refractivity contribution in [1.29, 1.82) is 0 Å². The summed E-state index contributed by atoms with van der Waals surface area (Å²) < 4.78 is 2.41. The molecule has 4 nitrogen and oxygen atoms in total. The minimum absolute atomic E-state index is 0.854. The number of rotatable bonds is 7. The number of aromatic nitrogens is 3. The number of allylic oxidation sites excluding steroid dienone is 1. The molecule has 0 unspecified atom stereocenters. The van der Waals surface area contributed by atoms with E-state index in [-0.39, 0.29) is 0 Å². The second-order valence-electron chi connectivity index (χ2n) is 14.9. The lowest BCUT2D eigenvalue weighted by Crippen LogP contribution is -2.10. The number of benzene rings is 8. The Labute approximate surface area is 337 Å². The average molecular weight is 743 g/mol. The van der Waals surface area contributed by atoms with Crippen LogP contribution in [0.5, 0.6) is 0 Å². The van der Waals surface area contributed by atoms with Gasteiger partial charge in [0.25, 0.3) is 0 Å². The van der Waals surface area contributed by atoms with E-state index < -0.39 is 0 Å². The number of nitrogens with zero attached hydrogens (tertiary/aromatic N) is 4. The molecular formula is C54H38N4. The van der Waals surface area contributed by atoms with Gasteiger partial charge in [-0.05, 0) is 101 Å². The van der Waals surface area contributed by atoms with Crippen LogP contribution in [0.15, 0.2) is 200 Å². The fraction of sp³-hybridized carbons (Fsp3) is 0.0370. The summed E-state index contributed by atoms with van der Waals surface area (Å²) >= 11 is 0. The SMILES string of the molecule is C1=Cc2c(c3cc(N(c4ccccc4)c4ccc(-c5nc6c(-c7cccc8ccccc78)cccc6nc5-c5ccccc5)cc4)ccc3n2-c2ccccc2)CC1. The molecular weight excluding hydrogens is 705 g/mol. The lowest BCUT2D eigenvalue weighted by molar-refractivity contribution is 0.967. The third-order valence-electron chi connectivity index (χ3n) is 11.4. The first-order valence-corrected chi connectivity index (χ1v) is 20.0. The van der Waals surface area contributed by atoms with Crippen LogP contribution >= 0.6 is 0 Å². The standard InChI is InChI=1S/C54H38N4/c1-4-17-38(18-5-1)52-53(56-54-47(27-15-28-49(54)55-52)45-26-14-19-37-16-10-11-24-44(37)45)39-30-32-42(33-31-39)57(40-20-6-2-7-21-40)43-34-35-51-48(36-43)46-25-12-13-29-50(46)58(51)41-22-8-3-9-23-41/h1-11,13-24,26-36H,12,25H2. The maximum atomic E-state index is 5.51. The van der Waals surface area contributed by atoms with Crippen molar-refractivity contribution < 1.29 is 0 Å². The fourth-order valence-corrected chi connectivity index (χ4v) is 8.76. The van der Waals surface area contributed by atoms with Crippen LogP contribution in [-0.4, -0.2) is 14.5 Å². The molecule has 0 atom stereocenters. The van der Waals surface area contributed by atoms with Gasteiger partial charge in [0.15, 0.2) is 0 Å². The second kappa shape index (κ2) is 14.2. The Balaban J connectivity index is 1.06. The number of hydrogen-bond donors (Lipinski definition) is 0. The first-order chi connectivity index (χ1) is 28.8. The zero-order chi connectivity index (χ0) is 38.4. The predicted molar refractivity (Wildman–Crippen MR) is 242 cm³/mol. The third kappa shape index (κ3) is 5.77. The van der Waals surface area contributed by atoms with Gasteiger partial charge in [0.1, 0.15) is 0 Å². The molecule has 0 amide bonds. The van der Waals surface area contributed by atoms with E-state index in [1.165, 1.54) is 38.6 Å². The van der Waals surface area contributed by atoms with Crippen molar-refractivity contribution in [3.05, 3.63) is 211 Å². The van der Waals surface area contributed by atoms with Crippen molar-refractivity contribution in [2.45, 2.75) is 12.8 Å². The van der Waals surface area contributed by atoms with E-state index in [0.717, 1.165) is 74.6 Å². The summed E-state index contributed by atoms with van der Waals surface area (Å²) in [6.07, 6.45) is 6.65. The lowest BCUT2D eigenvalue weighted by Gasteiger charge is -2.26. The minimum Gasteiger partial charge on any atom is -0.310 e. The average Bonchev–Trinajstić information content (AvgIpc) is 3.63. The van der Waals surface area contributed by atoms with Crippen LogP contribution in [0.1, 0.15) is 17.7 Å². The summed E-state index contributed by atoms with van der Waals surface area (Å²) in [5.41, 5.74) is 16.1. The summed E-state index contributed by atoms with van der Waals surface area (Å²) in [5.74, 6) is 0. The fourth-order valence-electron chi connectivity index (χ4n) is 8.76. The number of para-hydroxylation sites is 3. The van der Waals surface area contributed by atoms with Crippen LogP contribution < -0.4 is 4.90 Å². The van der Waals surface area contributed by atoms with E-state index in [0.29, 0.717) is 0 Å². The van der Waals surface area contributed by atoms with Crippen molar-refractivity contribution in [2.75, 3.05) is 4.90 Å². The van der Waals surface area contributed by atoms with Crippen LogP contribution in [0.3, 0.4) is 0 Å². The topological polar surface area (TPSA) is 34.0 Å². The van der Waals surface area contributed by atoms with Gasteiger partial charge in [0.2, 0.25) is 0 Å². The molecule has 0 bridgehead atoms. The van der Waals surface area contributed by atoms with Crippen molar-refractivity contribution in [2.24, 2.45) is 0 Å². The molecule has 58 heavy (non-hydrogen) atoms. The van der Waals surface area contributed by atoms with Crippen LogP contribution in [0.2, 0.25) is 0 Å². The summed E-state index contributed by atoms with van der Waals surface area (Å²) in [4.78, 5) is 13.2. The molecule has 0 aliphatic heterocycles. The van der Waals surface area contributed by atoms with Gasteiger partial charge in [-0.25, -0.2) is 9.97 Å². The van der Waals surface area contributed by atoms with Crippen molar-refractivity contribution in [3.63, 3.8) is 0 Å². The van der Waals surface area contributed by atoms with E-state index in [1.807, 2.05) is 6.07 Å². The van der Waals surface area contributed by atoms with Gasteiger partial charge in [0, 0.05) is 50.5 Å². The largest absolute Gasteiger partial charge is 0.310 e. The molecule has 0 saturated carbocycles. The maximum absolute atomic E-state index is 5.51. The molecule has 8 aromatic carbocycles. The minimum atomic E-state index is 0.854. The van der Waals surface area contributed by atoms with E-state index in [2.05, 4.69) is 210 Å². The highest BCUT2D eigenvalue weighted by Gasteiger charge is 2.22. The Morgan fingerprint density at radius 3 is 1.95 bits per heavy atom. The van der Waals surface area contributed by atoms with Crippen molar-refractivity contribution in [3.8, 4) is 39.3 Å². The van der Waals surface area contributed by atoms with E-state index in [4.69, 9.17) is 9.97 Å². The van der Waals surface area contributed by atoms with Crippen molar-refractivity contribution in [1.82, 2.24) is 14.5 Å². The van der Waals surface area contributed by atoms with Gasteiger partial charge in [-0.1, -0.05) is 140 Å². The van der Waals surface area contributed by atoms with Crippen LogP contribution in [0.25, 0.3) is 78.1 Å². The number of anilines is 3. The molecule has 11 rings (SSSR count). The number of hydrogen-bond acceptors (Lipinski definition) is 3. The molecule has 4 heteroatoms. The van der Waals surface area contributed by atoms with Crippen LogP contribution in [0, 0.1) is 0 Å². The first-order valence-electron chi connectivity index (χ1n) is 20.0. The van der Waals surface area contributed by atoms with Gasteiger partial charge < -0.3 is 9.47 Å². The van der Waals surface area contributed by atoms with Crippen LogP contribution in [-0.2, 0) is 6.42 Å². The maximum Gasteiger partial charge on any atom is 0.0973 e. The van der Waals surface area contributed by atoms with Gasteiger partial charge in [-0.2, -0.15) is 0 Å². The Bertz CT molecular complexity index is 3140. The molecule has 1 aliphatic rings. The van der Waals surface area contributed by atoms with Gasteiger partial charge in [-0.3, -0.25) is 0 Å². The quantitative estimate of drug-likeness (QED) is 0.163. The Hall–Kier alpha value is -7.56. The Morgan fingerprint density at radius 2 is 1.12 bits per heavy atom. The zero-order valence-corrected chi connectivity index (χ0v) is 31.8. The predicted octanol–water partition coefficient (Wildman–Crippen LogP) is 14.2. The molecule has 0 radical (unpaired) electrons. The highest BCUT2D eigenvalue weighted by Crippen LogP contribution is 2.42. The molecule has 2 aromatic heterocycles. The van der Waals surface area contributed by atoms with Gasteiger partial charge in [-0.15, -0.1) is 0 Å². The van der Waals surface area contributed by atoms with Gasteiger partial charge in [0.05, 0.1) is 27.9 Å². The Morgan fingerprint density at radius 1 is 0.483 bits per heavy atom. The Kier molecular flexibility index (Phi) is 8.25. The third-order valence-corrected chi connectivity index (χ3v) is 11.4. The molecule has 2 heterocycles. The molecule has 0 fully saturated rings. The number of fused-ring (bicyclic) bond motifs is 5. The van der Waals surface area contributed by atoms with Gasteiger partial charge >= 0.3 is 0 Å². The zero-order valence-electron chi connectivity index (χ0n) is 31.8. The lowest BCUT2D eigenvalue weighted by atomic mass is 9.96. The summed E-state index contributed by atoms with van der Waals surface area (Å²) in [6, 6.07) is 68.9. The monoisotopic (exact) mass is 742 g/mol. The van der Waals surface area contributed by atoms with E-state index >= 15 is 0 Å². The molecule has 1 aliphatic carbocycles. The molecule has 10 aromatic rings. The smallest absolute Gasteiger partial charge is 0.0973 e. The van der Waals surface area contributed by atoms with E-state index in [9.17, 15) is 0 Å². The van der Waals surface area contributed by atoms with Crippen molar-refractivity contribution >= 4 is 55.8 Å². The summed E-state index contributed by atoms with van der Waals surface area (Å²) in [7, 11) is 0. The first kappa shape index (κ1) is 33.8. The summed E-state index contributed by atoms with van der Waals surface area (Å²) in [5, 5.41) is 3.69. The summed E-state index contributed by atoms with van der Waals surface area (Å²) in [6.45, 7) is 0. The molecule has 274 valence electrons. The molecule has 0 spiro atoms. The second-order valence-corrected chi connectivity index (χ2v) is 14.9. The molecule has 0 saturated heterocycles. The highest BCUT2D eigenvalue weighted by atomic mass is 15.1. The number of aryl methyl sites for hydroxylation is 1. The van der Waals surface area contributed by atoms with Crippen LogP contribution in [0.4, 0.5) is 17.1 Å². The molecule has 0 N–H and O–H groups in total. The normalized spacial score (nSPS) is 12.3.